The number of fused-ring (bicyclic) bond motifs is 8. The van der Waals surface area contributed by atoms with Crippen molar-refractivity contribution >= 4 is 51.8 Å². The molecule has 7 heteroatoms. The predicted molar refractivity (Wildman–Crippen MR) is 127 cm³/mol. The molecule has 6 nitrogen and oxygen atoms in total. The molecule has 0 unspecified atom stereocenters. The summed E-state index contributed by atoms with van der Waals surface area (Å²) in [6.45, 7) is 2.06. The van der Waals surface area contributed by atoms with Gasteiger partial charge in [0.1, 0.15) is 28.4 Å². The molecule has 5 heterocycles. The number of aromatic nitrogens is 2. The number of nitrogens with zero attached hydrogens (tertiary/aromatic N) is 6. The number of rotatable bonds is 0. The van der Waals surface area contributed by atoms with Crippen molar-refractivity contribution < 1.29 is 0 Å². The van der Waals surface area contributed by atoms with Crippen LogP contribution in [0.1, 0.15) is 18.1 Å². The Morgan fingerprint density at radius 2 is 1.16 bits per heavy atom. The third kappa shape index (κ3) is 1.83. The Labute approximate surface area is 182 Å². The van der Waals surface area contributed by atoms with Gasteiger partial charge in [-0.25, -0.2) is 15.0 Å². The van der Waals surface area contributed by atoms with Crippen LogP contribution in [0.3, 0.4) is 0 Å². The highest BCUT2D eigenvalue weighted by Gasteiger charge is 2.38. The molecule has 5 aromatic rings. The molecule has 0 fully saturated rings. The van der Waals surface area contributed by atoms with Gasteiger partial charge in [0.05, 0.1) is 0 Å². The maximum atomic E-state index is 5.19. The van der Waals surface area contributed by atoms with Crippen LogP contribution in [0.15, 0.2) is 92.7 Å². The van der Waals surface area contributed by atoms with E-state index in [9.17, 15) is 0 Å². The fourth-order valence-corrected chi connectivity index (χ4v) is 5.27. The van der Waals surface area contributed by atoms with Crippen molar-refractivity contribution in [2.75, 3.05) is 0 Å². The van der Waals surface area contributed by atoms with Crippen LogP contribution in [0.2, 0.25) is 0 Å². The van der Waals surface area contributed by atoms with E-state index in [2.05, 4.69) is 76.5 Å². The molecule has 0 radical (unpaired) electrons. The van der Waals surface area contributed by atoms with Gasteiger partial charge in [-0.15, -0.1) is 0 Å². The summed E-state index contributed by atoms with van der Waals surface area (Å²) in [7, 11) is -0.322. The molecule has 3 aromatic carbocycles. The first-order chi connectivity index (χ1) is 15.8. The quantitative estimate of drug-likeness (QED) is 0.349. The van der Waals surface area contributed by atoms with Gasteiger partial charge in [-0.2, -0.15) is 0 Å². The van der Waals surface area contributed by atoms with E-state index in [4.69, 9.17) is 19.9 Å². The molecule has 3 aliphatic heterocycles. The summed E-state index contributed by atoms with van der Waals surface area (Å²) in [4.78, 5) is 20.6. The minimum atomic E-state index is -0.322. The van der Waals surface area contributed by atoms with E-state index >= 15 is 0 Å². The van der Waals surface area contributed by atoms with Crippen LogP contribution in [-0.4, -0.2) is 27.6 Å². The van der Waals surface area contributed by atoms with Gasteiger partial charge in [0, 0.05) is 38.4 Å². The molecule has 8 rings (SSSR count). The molecule has 32 heavy (non-hydrogen) atoms. The third-order valence-electron chi connectivity index (χ3n) is 6.69. The molecule has 0 spiro atoms. The molecule has 2 aromatic heterocycles. The van der Waals surface area contributed by atoms with Crippen molar-refractivity contribution in [3.63, 3.8) is 0 Å². The Bertz CT molecular complexity index is 1850. The monoisotopic (exact) mass is 410 g/mol. The molecule has 0 atom stereocenters. The summed E-state index contributed by atoms with van der Waals surface area (Å²) < 4.78 is 4.33. The second-order valence-electron chi connectivity index (χ2n) is 8.39. The standard InChI is InChI=1S/C25H15BN6/c1-14-15-8-2-3-9-16(15)21-28-23-18-11-5-7-13-20(18)25-29-24-19-12-6-4-10-17(19)22(27-14)31(24)26(30-21)32(23)25/h2-13H,1H3/b27-14+. The van der Waals surface area contributed by atoms with Crippen molar-refractivity contribution in [1.82, 2.24) is 8.96 Å². The van der Waals surface area contributed by atoms with Crippen LogP contribution in [-0.2, 0) is 0 Å². The molecule has 3 aliphatic rings. The highest BCUT2D eigenvalue weighted by Crippen LogP contribution is 2.40. The lowest BCUT2D eigenvalue weighted by molar-refractivity contribution is 0.900. The largest absolute Gasteiger partial charge is 0.539 e. The zero-order chi connectivity index (χ0) is 21.0. The summed E-state index contributed by atoms with van der Waals surface area (Å²) in [5.74, 6) is 2.52. The first-order valence-electron chi connectivity index (χ1n) is 10.7. The van der Waals surface area contributed by atoms with Gasteiger partial charge in [0.2, 0.25) is 0 Å². The molecule has 0 amide bonds. The lowest BCUT2D eigenvalue weighted by Gasteiger charge is -2.22. The topological polar surface area (TPSA) is 59.3 Å². The maximum absolute atomic E-state index is 5.19. The van der Waals surface area contributed by atoms with Crippen LogP contribution >= 0.6 is 0 Å². The van der Waals surface area contributed by atoms with Crippen LogP contribution in [0.5, 0.6) is 0 Å². The molecule has 2 bridgehead atoms. The average molecular weight is 410 g/mol. The van der Waals surface area contributed by atoms with E-state index in [-0.39, 0.29) is 7.12 Å². The summed E-state index contributed by atoms with van der Waals surface area (Å²) in [5, 5.41) is 4.36. The maximum Gasteiger partial charge on any atom is 0.539 e. The van der Waals surface area contributed by atoms with Crippen LogP contribution in [0.25, 0.3) is 21.5 Å². The molecule has 0 aliphatic carbocycles. The third-order valence-corrected chi connectivity index (χ3v) is 6.69. The normalized spacial score (nSPS) is 16.8. The Balaban J connectivity index is 1.69. The second kappa shape index (κ2) is 5.51. The zero-order valence-corrected chi connectivity index (χ0v) is 17.2. The lowest BCUT2D eigenvalue weighted by atomic mass is 9.91. The van der Waals surface area contributed by atoms with Crippen molar-refractivity contribution in [2.24, 2.45) is 19.9 Å². The minimum Gasteiger partial charge on any atom is -0.312 e. The van der Waals surface area contributed by atoms with Gasteiger partial charge in [-0.05, 0) is 6.92 Å². The van der Waals surface area contributed by atoms with E-state index in [1.54, 1.807) is 0 Å². The number of hydrogen-bond donors (Lipinski definition) is 0. The number of aliphatic imine (C=N–C) groups is 1. The number of benzene rings is 3. The van der Waals surface area contributed by atoms with E-state index in [0.717, 1.165) is 66.8 Å². The van der Waals surface area contributed by atoms with Gasteiger partial charge in [0.25, 0.3) is 0 Å². The lowest BCUT2D eigenvalue weighted by Crippen LogP contribution is -2.49. The molecular formula is C25H15BN6. The fraction of sp³-hybridized carbons (Fsp3) is 0.0400. The van der Waals surface area contributed by atoms with E-state index in [1.807, 2.05) is 12.1 Å². The molecule has 0 N–H and O–H groups in total. The van der Waals surface area contributed by atoms with E-state index in [0.29, 0.717) is 0 Å². The Hall–Kier alpha value is -4.26. The molecular weight excluding hydrogens is 395 g/mol. The summed E-state index contributed by atoms with van der Waals surface area (Å²) in [5.41, 5.74) is 4.80. The Kier molecular flexibility index (Phi) is 2.83. The summed E-state index contributed by atoms with van der Waals surface area (Å²) in [6.07, 6.45) is 0. The van der Waals surface area contributed by atoms with Crippen LogP contribution in [0.4, 0.5) is 11.6 Å². The molecule has 0 saturated heterocycles. The zero-order valence-electron chi connectivity index (χ0n) is 17.2. The Morgan fingerprint density at radius 1 is 0.594 bits per heavy atom. The minimum absolute atomic E-state index is 0.322. The van der Waals surface area contributed by atoms with Crippen molar-refractivity contribution in [3.8, 4) is 0 Å². The first-order valence-corrected chi connectivity index (χ1v) is 10.7. The molecule has 148 valence electrons. The van der Waals surface area contributed by atoms with Crippen molar-refractivity contribution in [2.45, 2.75) is 6.92 Å². The van der Waals surface area contributed by atoms with Gasteiger partial charge in [-0.1, -0.05) is 72.8 Å². The predicted octanol–water partition coefficient (Wildman–Crippen LogP) is 3.78. The van der Waals surface area contributed by atoms with Gasteiger partial charge in [0.15, 0.2) is 0 Å². The second-order valence-corrected chi connectivity index (χ2v) is 8.39. The van der Waals surface area contributed by atoms with Gasteiger partial charge < -0.3 is 8.96 Å². The van der Waals surface area contributed by atoms with Crippen molar-refractivity contribution in [1.29, 1.82) is 0 Å². The van der Waals surface area contributed by atoms with E-state index < -0.39 is 0 Å². The van der Waals surface area contributed by atoms with Gasteiger partial charge in [-0.3, -0.25) is 4.90 Å². The summed E-state index contributed by atoms with van der Waals surface area (Å²) in [6, 6.07) is 25.0. The van der Waals surface area contributed by atoms with Crippen LogP contribution in [0, 0.1) is 0 Å². The highest BCUT2D eigenvalue weighted by atomic mass is 15.3. The first kappa shape index (κ1) is 16.4. The summed E-state index contributed by atoms with van der Waals surface area (Å²) >= 11 is 0. The fourth-order valence-electron chi connectivity index (χ4n) is 5.27. The van der Waals surface area contributed by atoms with Crippen LogP contribution < -0.4 is 11.0 Å². The SMILES string of the molecule is C/C1=N\c2c3ccccc3c3n2B2N=C(N=c4c5ccccc5c(n42)=N3)c2ccccc21. The molecule has 0 saturated carbocycles. The van der Waals surface area contributed by atoms with E-state index in [1.165, 1.54) is 0 Å². The smallest absolute Gasteiger partial charge is 0.312 e. The average Bonchev–Trinajstić information content (AvgIpc) is 3.34. The Morgan fingerprint density at radius 3 is 1.88 bits per heavy atom. The van der Waals surface area contributed by atoms with Crippen molar-refractivity contribution in [3.05, 3.63) is 94.9 Å². The number of hydrogen-bond acceptors (Lipinski definition) is 4. The van der Waals surface area contributed by atoms with Gasteiger partial charge >= 0.3 is 7.12 Å². The highest BCUT2D eigenvalue weighted by molar-refractivity contribution is 6.58. The number of amidine groups is 1.